The van der Waals surface area contributed by atoms with Crippen molar-refractivity contribution in [2.24, 2.45) is 5.92 Å². The minimum Gasteiger partial charge on any atom is -0.371 e. The van der Waals surface area contributed by atoms with E-state index in [-0.39, 0.29) is 0 Å². The maximum Gasteiger partial charge on any atom is 0.422 e. The molecule has 17 heavy (non-hydrogen) atoms. The van der Waals surface area contributed by atoms with Crippen molar-refractivity contribution in [3.05, 3.63) is 32.4 Å². The summed E-state index contributed by atoms with van der Waals surface area (Å²) in [5.41, 5.74) is 0.167. The molecule has 0 aliphatic heterocycles. The van der Waals surface area contributed by atoms with Crippen LogP contribution in [-0.4, -0.2) is 4.57 Å². The van der Waals surface area contributed by atoms with Crippen LogP contribution >= 0.6 is 11.3 Å². The zero-order chi connectivity index (χ0) is 12.4. The third-order valence-corrected chi connectivity index (χ3v) is 3.57. The van der Waals surface area contributed by atoms with Crippen LogP contribution in [0.2, 0.25) is 0 Å². The van der Waals surface area contributed by atoms with Gasteiger partial charge < -0.3 is 4.42 Å². The molecule has 0 aliphatic carbocycles. The highest BCUT2D eigenvalue weighted by Gasteiger charge is 2.10. The maximum atomic E-state index is 11.6. The lowest BCUT2D eigenvalue weighted by Gasteiger charge is -2.07. The molecular formula is C12H15NO3S. The first kappa shape index (κ1) is 12.1. The number of aryl methyl sites for hydroxylation is 1. The van der Waals surface area contributed by atoms with Gasteiger partial charge in [-0.2, -0.15) is 0 Å². The van der Waals surface area contributed by atoms with Crippen molar-refractivity contribution in [3.63, 3.8) is 0 Å². The van der Waals surface area contributed by atoms with Crippen molar-refractivity contribution in [2.75, 3.05) is 0 Å². The normalized spacial score (nSPS) is 11.5. The molecule has 0 radical (unpaired) electrons. The topological polar surface area (TPSA) is 52.2 Å². The SMILES string of the molecule is CC(C)CCCn1c(=O)oc(=O)c2sccc21. The maximum absolute atomic E-state index is 11.6. The Labute approximate surface area is 103 Å². The van der Waals surface area contributed by atoms with E-state index in [0.717, 1.165) is 12.8 Å². The number of rotatable bonds is 4. The van der Waals surface area contributed by atoms with Gasteiger partial charge in [-0.05, 0) is 30.2 Å². The molecule has 5 heteroatoms. The second kappa shape index (κ2) is 4.87. The van der Waals surface area contributed by atoms with E-state index in [2.05, 4.69) is 13.8 Å². The van der Waals surface area contributed by atoms with Crippen LogP contribution in [0, 0.1) is 5.92 Å². The molecule has 0 saturated carbocycles. The van der Waals surface area contributed by atoms with E-state index in [1.54, 1.807) is 16.0 Å². The van der Waals surface area contributed by atoms with Gasteiger partial charge in [-0.15, -0.1) is 11.3 Å². The van der Waals surface area contributed by atoms with Gasteiger partial charge in [0.25, 0.3) is 0 Å². The smallest absolute Gasteiger partial charge is 0.371 e. The Balaban J connectivity index is 2.36. The number of aromatic nitrogens is 1. The van der Waals surface area contributed by atoms with Crippen LogP contribution in [0.1, 0.15) is 26.7 Å². The zero-order valence-electron chi connectivity index (χ0n) is 9.93. The minimum atomic E-state index is -0.551. The predicted octanol–water partition coefficient (Wildman–Crippen LogP) is 2.45. The van der Waals surface area contributed by atoms with E-state index in [9.17, 15) is 9.59 Å². The first-order valence-electron chi connectivity index (χ1n) is 5.70. The molecule has 92 valence electrons. The van der Waals surface area contributed by atoms with Crippen LogP contribution in [0.3, 0.4) is 0 Å². The fourth-order valence-corrected chi connectivity index (χ4v) is 2.59. The highest BCUT2D eigenvalue weighted by Crippen LogP contribution is 2.16. The number of hydrogen-bond donors (Lipinski definition) is 0. The standard InChI is InChI=1S/C12H15NO3S/c1-8(2)4-3-6-13-9-5-7-17-10(9)11(14)16-12(13)15/h5,7-8H,3-4,6H2,1-2H3. The molecule has 0 fully saturated rings. The fraction of sp³-hybridized carbons (Fsp3) is 0.500. The lowest BCUT2D eigenvalue weighted by Crippen LogP contribution is -2.24. The van der Waals surface area contributed by atoms with Gasteiger partial charge in [-0.1, -0.05) is 13.8 Å². The summed E-state index contributed by atoms with van der Waals surface area (Å²) in [7, 11) is 0. The van der Waals surface area contributed by atoms with Gasteiger partial charge in [-0.25, -0.2) is 9.59 Å². The summed E-state index contributed by atoms with van der Waals surface area (Å²) in [5.74, 6) is 0.0593. The van der Waals surface area contributed by atoms with E-state index >= 15 is 0 Å². The van der Waals surface area contributed by atoms with E-state index < -0.39 is 11.4 Å². The Kier molecular flexibility index (Phi) is 3.47. The van der Waals surface area contributed by atoms with Crippen molar-refractivity contribution < 1.29 is 4.42 Å². The Morgan fingerprint density at radius 2 is 2.18 bits per heavy atom. The zero-order valence-corrected chi connectivity index (χ0v) is 10.8. The summed E-state index contributed by atoms with van der Waals surface area (Å²) in [4.78, 5) is 23.1. The lowest BCUT2D eigenvalue weighted by molar-refractivity contribution is 0.404. The molecule has 0 bridgehead atoms. The molecule has 0 spiro atoms. The second-order valence-corrected chi connectivity index (χ2v) is 5.39. The third-order valence-electron chi connectivity index (χ3n) is 2.68. The van der Waals surface area contributed by atoms with Gasteiger partial charge >= 0.3 is 11.4 Å². The molecule has 0 saturated heterocycles. The molecule has 0 unspecified atom stereocenters. The van der Waals surface area contributed by atoms with Crippen LogP contribution in [0.4, 0.5) is 0 Å². The fourth-order valence-electron chi connectivity index (χ4n) is 1.82. The molecule has 2 aromatic heterocycles. The predicted molar refractivity (Wildman–Crippen MR) is 68.7 cm³/mol. The molecule has 2 aromatic rings. The Morgan fingerprint density at radius 3 is 2.88 bits per heavy atom. The molecule has 0 amide bonds. The molecule has 0 aromatic carbocycles. The highest BCUT2D eigenvalue weighted by molar-refractivity contribution is 7.17. The van der Waals surface area contributed by atoms with Crippen molar-refractivity contribution in [2.45, 2.75) is 33.2 Å². The van der Waals surface area contributed by atoms with E-state index in [1.807, 2.05) is 0 Å². The van der Waals surface area contributed by atoms with Gasteiger partial charge in [-0.3, -0.25) is 4.57 Å². The van der Waals surface area contributed by atoms with E-state index in [4.69, 9.17) is 4.42 Å². The number of thiophene rings is 1. The van der Waals surface area contributed by atoms with Gasteiger partial charge in [0.15, 0.2) is 0 Å². The Hall–Kier alpha value is -1.36. The first-order chi connectivity index (χ1) is 8.09. The molecule has 2 heterocycles. The van der Waals surface area contributed by atoms with Crippen molar-refractivity contribution >= 4 is 21.6 Å². The van der Waals surface area contributed by atoms with Crippen LogP contribution in [0.15, 0.2) is 25.5 Å². The molecule has 0 N–H and O–H groups in total. The Bertz CT molecular complexity index is 620. The summed E-state index contributed by atoms with van der Waals surface area (Å²) in [6, 6.07) is 1.80. The Morgan fingerprint density at radius 1 is 1.41 bits per heavy atom. The molecular weight excluding hydrogens is 238 g/mol. The average molecular weight is 253 g/mol. The number of nitrogens with zero attached hydrogens (tertiary/aromatic N) is 1. The average Bonchev–Trinajstić information content (AvgIpc) is 2.71. The second-order valence-electron chi connectivity index (χ2n) is 4.48. The molecule has 0 atom stereocenters. The van der Waals surface area contributed by atoms with E-state index in [1.165, 1.54) is 11.3 Å². The molecule has 4 nitrogen and oxygen atoms in total. The van der Waals surface area contributed by atoms with Crippen LogP contribution < -0.4 is 11.4 Å². The molecule has 2 rings (SSSR count). The third kappa shape index (κ3) is 2.49. The summed E-state index contributed by atoms with van der Waals surface area (Å²) in [6.07, 6.45) is 1.97. The van der Waals surface area contributed by atoms with Crippen molar-refractivity contribution in [3.8, 4) is 0 Å². The minimum absolute atomic E-state index is 0.522. The monoisotopic (exact) mass is 253 g/mol. The van der Waals surface area contributed by atoms with Gasteiger partial charge in [0, 0.05) is 6.54 Å². The molecule has 0 aliphatic rings. The van der Waals surface area contributed by atoms with Gasteiger partial charge in [0.1, 0.15) is 4.70 Å². The van der Waals surface area contributed by atoms with Gasteiger partial charge in [0.2, 0.25) is 0 Å². The van der Waals surface area contributed by atoms with E-state index in [0.29, 0.717) is 22.7 Å². The number of fused-ring (bicyclic) bond motifs is 1. The largest absolute Gasteiger partial charge is 0.422 e. The van der Waals surface area contributed by atoms with Crippen LogP contribution in [-0.2, 0) is 6.54 Å². The van der Waals surface area contributed by atoms with Crippen LogP contribution in [0.5, 0.6) is 0 Å². The first-order valence-corrected chi connectivity index (χ1v) is 6.58. The summed E-state index contributed by atoms with van der Waals surface area (Å²) in [6.45, 7) is 4.90. The van der Waals surface area contributed by atoms with Crippen LogP contribution in [0.25, 0.3) is 10.2 Å². The highest BCUT2D eigenvalue weighted by atomic mass is 32.1. The van der Waals surface area contributed by atoms with Crippen molar-refractivity contribution in [1.82, 2.24) is 4.57 Å². The summed E-state index contributed by atoms with van der Waals surface area (Å²) in [5, 5.41) is 1.81. The van der Waals surface area contributed by atoms with Gasteiger partial charge in [0.05, 0.1) is 5.52 Å². The lowest BCUT2D eigenvalue weighted by atomic mass is 10.1. The summed E-state index contributed by atoms with van der Waals surface area (Å²) >= 11 is 1.31. The number of hydrogen-bond acceptors (Lipinski definition) is 4. The summed E-state index contributed by atoms with van der Waals surface area (Å²) < 4.78 is 6.77. The quantitative estimate of drug-likeness (QED) is 0.841. The van der Waals surface area contributed by atoms with Crippen molar-refractivity contribution in [1.29, 1.82) is 0 Å².